The van der Waals surface area contributed by atoms with Crippen LogP contribution in [-0.2, 0) is 0 Å². The molecule has 0 bridgehead atoms. The minimum atomic E-state index is 0.978. The molecule has 0 radical (unpaired) electrons. The highest BCUT2D eigenvalue weighted by Crippen LogP contribution is 2.30. The third kappa shape index (κ3) is 1.55. The Kier molecular flexibility index (Phi) is 2.26. The van der Waals surface area contributed by atoms with Gasteiger partial charge in [0.1, 0.15) is 0 Å². The first-order chi connectivity index (χ1) is 6.42. The summed E-state index contributed by atoms with van der Waals surface area (Å²) in [6.07, 6.45) is 0.997. The molecule has 0 amide bonds. The van der Waals surface area contributed by atoms with Crippen LogP contribution in [0.2, 0.25) is 0 Å². The van der Waals surface area contributed by atoms with E-state index in [1.54, 1.807) is 0 Å². The van der Waals surface area contributed by atoms with Crippen LogP contribution < -0.4 is 5.32 Å². The van der Waals surface area contributed by atoms with Crippen molar-refractivity contribution < 1.29 is 0 Å². The molecule has 2 rings (SSSR count). The van der Waals surface area contributed by atoms with Crippen LogP contribution in [0.1, 0.15) is 12.0 Å². The van der Waals surface area contributed by atoms with E-state index in [9.17, 15) is 0 Å². The minimum absolute atomic E-state index is 0.978. The lowest BCUT2D eigenvalue weighted by atomic mass is 10.0. The molecule has 0 aromatic heterocycles. The molecule has 1 aliphatic rings. The first-order valence-electron chi connectivity index (χ1n) is 4.48. The van der Waals surface area contributed by atoms with Gasteiger partial charge in [-0.05, 0) is 31.9 Å². The number of benzene rings is 1. The summed E-state index contributed by atoms with van der Waals surface area (Å²) >= 11 is 0. The van der Waals surface area contributed by atoms with Gasteiger partial charge in [0.15, 0.2) is 0 Å². The highest BCUT2D eigenvalue weighted by Gasteiger charge is 2.10. The molecule has 0 spiro atoms. The molecule has 1 aromatic rings. The van der Waals surface area contributed by atoms with Crippen molar-refractivity contribution >= 4 is 17.1 Å². The second kappa shape index (κ2) is 3.56. The standard InChI is InChI=1S/C11H12N2/c1-12-7-6-9-8-13-11-5-3-2-4-10(9)11/h2-5,12H,6-7H2,1H3. The Morgan fingerprint density at radius 2 is 2.23 bits per heavy atom. The molecule has 13 heavy (non-hydrogen) atoms. The molecule has 0 atom stereocenters. The quantitative estimate of drug-likeness (QED) is 0.740. The molecule has 2 nitrogen and oxygen atoms in total. The van der Waals surface area contributed by atoms with Gasteiger partial charge in [0.05, 0.1) is 5.69 Å². The van der Waals surface area contributed by atoms with Gasteiger partial charge in [-0.15, -0.1) is 0 Å². The van der Waals surface area contributed by atoms with E-state index in [2.05, 4.69) is 22.2 Å². The number of hydrogen-bond acceptors (Lipinski definition) is 2. The number of para-hydroxylation sites is 1. The molecule has 1 aliphatic heterocycles. The topological polar surface area (TPSA) is 24.4 Å². The lowest BCUT2D eigenvalue weighted by Crippen LogP contribution is -2.07. The molecular formula is C11H12N2. The number of fused-ring (bicyclic) bond motifs is 1. The van der Waals surface area contributed by atoms with E-state index in [1.165, 1.54) is 11.1 Å². The SMILES string of the molecule is CNCCC1=C=Nc2ccccc21. The van der Waals surface area contributed by atoms with Gasteiger partial charge < -0.3 is 5.32 Å². The first-order valence-corrected chi connectivity index (χ1v) is 4.48. The maximum Gasteiger partial charge on any atom is 0.0811 e. The maximum absolute atomic E-state index is 4.22. The van der Waals surface area contributed by atoms with Gasteiger partial charge >= 0.3 is 0 Å². The second-order valence-electron chi connectivity index (χ2n) is 3.07. The van der Waals surface area contributed by atoms with Crippen molar-refractivity contribution in [3.8, 4) is 0 Å². The number of nitrogens with one attached hydrogen (secondary N) is 1. The molecule has 2 heteroatoms. The number of aliphatic imine (C=N–C) groups is 1. The van der Waals surface area contributed by atoms with Crippen molar-refractivity contribution in [1.29, 1.82) is 0 Å². The molecule has 1 N–H and O–H groups in total. The fourth-order valence-electron chi connectivity index (χ4n) is 1.45. The van der Waals surface area contributed by atoms with Gasteiger partial charge in [0.2, 0.25) is 0 Å². The van der Waals surface area contributed by atoms with Gasteiger partial charge in [-0.25, -0.2) is 4.99 Å². The number of rotatable bonds is 3. The Hall–Kier alpha value is -1.37. The van der Waals surface area contributed by atoms with Crippen LogP contribution in [0.15, 0.2) is 29.3 Å². The summed E-state index contributed by atoms with van der Waals surface area (Å²) in [5.41, 5.74) is 3.50. The van der Waals surface area contributed by atoms with Crippen LogP contribution in [0.5, 0.6) is 0 Å². The van der Waals surface area contributed by atoms with Gasteiger partial charge in [0.25, 0.3) is 0 Å². The lowest BCUT2D eigenvalue weighted by molar-refractivity contribution is 0.818. The van der Waals surface area contributed by atoms with E-state index < -0.39 is 0 Å². The molecule has 0 fully saturated rings. The molecule has 1 heterocycles. The van der Waals surface area contributed by atoms with E-state index in [1.807, 2.05) is 25.2 Å². The average Bonchev–Trinajstić information content (AvgIpc) is 2.58. The Morgan fingerprint density at radius 1 is 1.38 bits per heavy atom. The van der Waals surface area contributed by atoms with Crippen LogP contribution in [-0.4, -0.2) is 19.5 Å². The summed E-state index contributed by atoms with van der Waals surface area (Å²) in [5, 5.41) is 3.12. The molecule has 0 saturated heterocycles. The molecule has 0 unspecified atom stereocenters. The summed E-state index contributed by atoms with van der Waals surface area (Å²) in [4.78, 5) is 4.22. The van der Waals surface area contributed by atoms with Gasteiger partial charge in [-0.2, -0.15) is 0 Å². The highest BCUT2D eigenvalue weighted by atomic mass is 14.8. The van der Waals surface area contributed by atoms with Crippen molar-refractivity contribution in [2.75, 3.05) is 13.6 Å². The molecule has 66 valence electrons. The molecule has 0 saturated carbocycles. The normalized spacial score (nSPS) is 12.8. The Morgan fingerprint density at radius 3 is 3.08 bits per heavy atom. The van der Waals surface area contributed by atoms with Crippen molar-refractivity contribution in [3.05, 3.63) is 29.8 Å². The minimum Gasteiger partial charge on any atom is -0.319 e. The fraction of sp³-hybridized carbons (Fsp3) is 0.273. The summed E-state index contributed by atoms with van der Waals surface area (Å²) in [6, 6.07) is 8.17. The van der Waals surface area contributed by atoms with Gasteiger partial charge in [-0.1, -0.05) is 18.2 Å². The molecular weight excluding hydrogens is 160 g/mol. The zero-order chi connectivity index (χ0) is 9.10. The van der Waals surface area contributed by atoms with E-state index in [4.69, 9.17) is 0 Å². The number of nitrogens with zero attached hydrogens (tertiary/aromatic N) is 1. The fourth-order valence-corrected chi connectivity index (χ4v) is 1.45. The summed E-state index contributed by atoms with van der Waals surface area (Å²) in [5.74, 6) is 3.06. The van der Waals surface area contributed by atoms with Gasteiger partial charge in [0, 0.05) is 11.1 Å². The van der Waals surface area contributed by atoms with Crippen molar-refractivity contribution in [2.45, 2.75) is 6.42 Å². The highest BCUT2D eigenvalue weighted by molar-refractivity contribution is 5.99. The zero-order valence-corrected chi connectivity index (χ0v) is 7.67. The average molecular weight is 172 g/mol. The first kappa shape index (κ1) is 8.24. The monoisotopic (exact) mass is 172 g/mol. The predicted molar refractivity (Wildman–Crippen MR) is 55.5 cm³/mol. The molecule has 0 aliphatic carbocycles. The molecule has 1 aromatic carbocycles. The van der Waals surface area contributed by atoms with E-state index in [0.717, 1.165) is 18.7 Å². The van der Waals surface area contributed by atoms with Crippen LogP contribution in [0.4, 0.5) is 5.69 Å². The van der Waals surface area contributed by atoms with E-state index in [-0.39, 0.29) is 0 Å². The Labute approximate surface area is 78.0 Å². The summed E-state index contributed by atoms with van der Waals surface area (Å²) in [7, 11) is 1.96. The zero-order valence-electron chi connectivity index (χ0n) is 7.67. The van der Waals surface area contributed by atoms with E-state index in [0.29, 0.717) is 0 Å². The van der Waals surface area contributed by atoms with Crippen LogP contribution in [0.3, 0.4) is 0 Å². The second-order valence-corrected chi connectivity index (χ2v) is 3.07. The Balaban J connectivity index is 2.21. The third-order valence-corrected chi connectivity index (χ3v) is 2.17. The van der Waals surface area contributed by atoms with E-state index >= 15 is 0 Å². The predicted octanol–water partition coefficient (Wildman–Crippen LogP) is 1.99. The van der Waals surface area contributed by atoms with Crippen LogP contribution in [0.25, 0.3) is 5.57 Å². The lowest BCUT2D eigenvalue weighted by Gasteiger charge is -2.01. The largest absolute Gasteiger partial charge is 0.319 e. The maximum atomic E-state index is 4.22. The third-order valence-electron chi connectivity index (χ3n) is 2.17. The van der Waals surface area contributed by atoms with Crippen molar-refractivity contribution in [3.63, 3.8) is 0 Å². The number of hydrogen-bond donors (Lipinski definition) is 1. The van der Waals surface area contributed by atoms with Crippen LogP contribution in [0, 0.1) is 0 Å². The summed E-state index contributed by atoms with van der Waals surface area (Å²) < 4.78 is 0. The van der Waals surface area contributed by atoms with Crippen molar-refractivity contribution in [1.82, 2.24) is 5.32 Å². The van der Waals surface area contributed by atoms with Gasteiger partial charge in [-0.3, -0.25) is 0 Å². The smallest absolute Gasteiger partial charge is 0.0811 e. The Bertz CT molecular complexity index is 373. The van der Waals surface area contributed by atoms with Crippen molar-refractivity contribution in [2.24, 2.45) is 4.99 Å². The summed E-state index contributed by atoms with van der Waals surface area (Å²) in [6.45, 7) is 0.978. The van der Waals surface area contributed by atoms with Crippen LogP contribution >= 0.6 is 0 Å².